The molecule has 0 fully saturated rings. The van der Waals surface area contributed by atoms with Gasteiger partial charge in [0.25, 0.3) is 0 Å². The molecule has 0 atom stereocenters. The molecule has 0 amide bonds. The molecule has 0 saturated carbocycles. The van der Waals surface area contributed by atoms with E-state index < -0.39 is 17.5 Å². The SMILES string of the molecule is Cl.NCc1c(F)cc(Oc2ccccc2F)cc1F. The van der Waals surface area contributed by atoms with E-state index in [2.05, 4.69) is 0 Å². The summed E-state index contributed by atoms with van der Waals surface area (Å²) in [5.41, 5.74) is 4.97. The first-order valence-corrected chi connectivity index (χ1v) is 5.22. The molecule has 2 aromatic carbocycles. The zero-order valence-electron chi connectivity index (χ0n) is 9.70. The summed E-state index contributed by atoms with van der Waals surface area (Å²) in [4.78, 5) is 0. The summed E-state index contributed by atoms with van der Waals surface area (Å²) in [6.45, 7) is -0.252. The van der Waals surface area contributed by atoms with Crippen LogP contribution in [0.2, 0.25) is 0 Å². The second-order valence-corrected chi connectivity index (χ2v) is 3.60. The van der Waals surface area contributed by atoms with Gasteiger partial charge in [-0.15, -0.1) is 12.4 Å². The van der Waals surface area contributed by atoms with Crippen molar-refractivity contribution in [2.75, 3.05) is 0 Å². The van der Waals surface area contributed by atoms with Crippen molar-refractivity contribution in [1.29, 1.82) is 0 Å². The maximum atomic E-state index is 13.4. The molecule has 0 unspecified atom stereocenters. The number of hydrogen-bond donors (Lipinski definition) is 1. The lowest BCUT2D eigenvalue weighted by atomic mass is 10.2. The lowest BCUT2D eigenvalue weighted by Gasteiger charge is -2.09. The predicted molar refractivity (Wildman–Crippen MR) is 68.0 cm³/mol. The Hall–Kier alpha value is -1.72. The van der Waals surface area contributed by atoms with E-state index in [-0.39, 0.29) is 36.0 Å². The first-order chi connectivity index (χ1) is 8.61. The van der Waals surface area contributed by atoms with Crippen LogP contribution in [0, 0.1) is 17.5 Å². The maximum Gasteiger partial charge on any atom is 0.165 e. The summed E-state index contributed by atoms with van der Waals surface area (Å²) in [5.74, 6) is -2.46. The molecule has 0 aliphatic heterocycles. The third-order valence-electron chi connectivity index (χ3n) is 2.38. The molecule has 0 aromatic heterocycles. The Morgan fingerprint density at radius 1 is 0.947 bits per heavy atom. The predicted octanol–water partition coefficient (Wildman–Crippen LogP) is 3.78. The van der Waals surface area contributed by atoms with E-state index in [0.29, 0.717) is 0 Å². The first-order valence-electron chi connectivity index (χ1n) is 5.22. The van der Waals surface area contributed by atoms with E-state index >= 15 is 0 Å². The van der Waals surface area contributed by atoms with Crippen molar-refractivity contribution in [3.63, 3.8) is 0 Å². The normalized spacial score (nSPS) is 9.89. The van der Waals surface area contributed by atoms with Crippen LogP contribution in [-0.4, -0.2) is 0 Å². The molecule has 2 aromatic rings. The molecule has 19 heavy (non-hydrogen) atoms. The molecule has 0 aliphatic carbocycles. The van der Waals surface area contributed by atoms with Crippen LogP contribution in [-0.2, 0) is 6.54 Å². The lowest BCUT2D eigenvalue weighted by Crippen LogP contribution is -2.03. The number of nitrogens with two attached hydrogens (primary N) is 1. The van der Waals surface area contributed by atoms with Gasteiger partial charge in [0.05, 0.1) is 0 Å². The highest BCUT2D eigenvalue weighted by molar-refractivity contribution is 5.85. The molecule has 0 heterocycles. The van der Waals surface area contributed by atoms with Crippen molar-refractivity contribution >= 4 is 12.4 Å². The van der Waals surface area contributed by atoms with Gasteiger partial charge in [-0.1, -0.05) is 12.1 Å². The molecular weight excluding hydrogens is 279 g/mol. The molecule has 2 rings (SSSR count). The summed E-state index contributed by atoms with van der Waals surface area (Å²) in [7, 11) is 0. The average molecular weight is 290 g/mol. The van der Waals surface area contributed by atoms with Crippen molar-refractivity contribution in [1.82, 2.24) is 0 Å². The van der Waals surface area contributed by atoms with E-state index in [4.69, 9.17) is 10.5 Å². The molecule has 2 nitrogen and oxygen atoms in total. The van der Waals surface area contributed by atoms with E-state index in [9.17, 15) is 13.2 Å². The Kier molecular flexibility index (Phi) is 5.20. The van der Waals surface area contributed by atoms with Crippen molar-refractivity contribution in [2.45, 2.75) is 6.54 Å². The van der Waals surface area contributed by atoms with Gasteiger partial charge in [-0.2, -0.15) is 0 Å². The van der Waals surface area contributed by atoms with Crippen LogP contribution in [0.4, 0.5) is 13.2 Å². The van der Waals surface area contributed by atoms with Crippen LogP contribution in [0.3, 0.4) is 0 Å². The number of halogens is 4. The average Bonchev–Trinajstić information content (AvgIpc) is 2.32. The van der Waals surface area contributed by atoms with Crippen LogP contribution >= 0.6 is 12.4 Å². The van der Waals surface area contributed by atoms with E-state index in [1.807, 2.05) is 0 Å². The minimum Gasteiger partial charge on any atom is -0.454 e. The van der Waals surface area contributed by atoms with Gasteiger partial charge in [0.2, 0.25) is 0 Å². The Morgan fingerprint density at radius 2 is 1.53 bits per heavy atom. The zero-order chi connectivity index (χ0) is 13.1. The smallest absolute Gasteiger partial charge is 0.165 e. The van der Waals surface area contributed by atoms with E-state index in [1.165, 1.54) is 18.2 Å². The number of rotatable bonds is 3. The van der Waals surface area contributed by atoms with Crippen molar-refractivity contribution in [3.05, 3.63) is 59.4 Å². The second-order valence-electron chi connectivity index (χ2n) is 3.60. The number of ether oxygens (including phenoxy) is 1. The van der Waals surface area contributed by atoms with Gasteiger partial charge in [-0.25, -0.2) is 13.2 Å². The second kappa shape index (κ2) is 6.45. The Labute approximate surface area is 114 Å². The van der Waals surface area contributed by atoms with E-state index in [1.54, 1.807) is 6.07 Å². The maximum absolute atomic E-state index is 13.4. The number of benzene rings is 2. The minimum absolute atomic E-state index is 0. The molecule has 2 N–H and O–H groups in total. The minimum atomic E-state index is -0.816. The fourth-order valence-electron chi connectivity index (χ4n) is 1.49. The van der Waals surface area contributed by atoms with Gasteiger partial charge in [0.15, 0.2) is 11.6 Å². The molecular formula is C13H11ClF3NO. The van der Waals surface area contributed by atoms with Gasteiger partial charge in [0.1, 0.15) is 17.4 Å². The summed E-state index contributed by atoms with van der Waals surface area (Å²) in [5, 5.41) is 0. The van der Waals surface area contributed by atoms with Gasteiger partial charge >= 0.3 is 0 Å². The Balaban J connectivity index is 0.00000180. The molecule has 0 aliphatic rings. The van der Waals surface area contributed by atoms with Crippen LogP contribution < -0.4 is 10.5 Å². The molecule has 6 heteroatoms. The van der Waals surface area contributed by atoms with Gasteiger partial charge in [-0.05, 0) is 12.1 Å². The number of hydrogen-bond acceptors (Lipinski definition) is 2. The van der Waals surface area contributed by atoms with Gasteiger partial charge in [-0.3, -0.25) is 0 Å². The first kappa shape index (κ1) is 15.3. The fourth-order valence-corrected chi connectivity index (χ4v) is 1.49. The molecule has 102 valence electrons. The van der Waals surface area contributed by atoms with Crippen molar-refractivity contribution in [2.24, 2.45) is 5.73 Å². The summed E-state index contributed by atoms with van der Waals surface area (Å²) >= 11 is 0. The van der Waals surface area contributed by atoms with Crippen LogP contribution in [0.1, 0.15) is 5.56 Å². The fraction of sp³-hybridized carbons (Fsp3) is 0.0769. The highest BCUT2D eigenvalue weighted by atomic mass is 35.5. The Morgan fingerprint density at radius 3 is 2.05 bits per heavy atom. The standard InChI is InChI=1S/C13H10F3NO.ClH/c14-10-3-1-2-4-13(10)18-8-5-11(15)9(7-17)12(16)6-8;/h1-6H,7,17H2;1H. The molecule has 0 radical (unpaired) electrons. The molecule has 0 saturated heterocycles. The number of para-hydroxylation sites is 1. The van der Waals surface area contributed by atoms with E-state index in [0.717, 1.165) is 12.1 Å². The van der Waals surface area contributed by atoms with Crippen LogP contribution in [0.25, 0.3) is 0 Å². The van der Waals surface area contributed by atoms with Crippen molar-refractivity contribution in [3.8, 4) is 11.5 Å². The lowest BCUT2D eigenvalue weighted by molar-refractivity contribution is 0.432. The highest BCUT2D eigenvalue weighted by Gasteiger charge is 2.12. The molecule has 0 bridgehead atoms. The van der Waals surface area contributed by atoms with Gasteiger partial charge < -0.3 is 10.5 Å². The largest absolute Gasteiger partial charge is 0.454 e. The third-order valence-corrected chi connectivity index (χ3v) is 2.38. The quantitative estimate of drug-likeness (QED) is 0.933. The van der Waals surface area contributed by atoms with Gasteiger partial charge in [0, 0.05) is 24.2 Å². The zero-order valence-corrected chi connectivity index (χ0v) is 10.5. The summed E-state index contributed by atoms with van der Waals surface area (Å²) < 4.78 is 45.2. The van der Waals surface area contributed by atoms with Crippen LogP contribution in [0.5, 0.6) is 11.5 Å². The third kappa shape index (κ3) is 3.39. The molecule has 0 spiro atoms. The summed E-state index contributed by atoms with van der Waals surface area (Å²) in [6, 6.07) is 7.54. The summed E-state index contributed by atoms with van der Waals surface area (Å²) in [6.07, 6.45) is 0. The topological polar surface area (TPSA) is 35.2 Å². The van der Waals surface area contributed by atoms with Crippen molar-refractivity contribution < 1.29 is 17.9 Å². The Bertz CT molecular complexity index is 555. The monoisotopic (exact) mass is 289 g/mol. The highest BCUT2D eigenvalue weighted by Crippen LogP contribution is 2.27. The van der Waals surface area contributed by atoms with Crippen LogP contribution in [0.15, 0.2) is 36.4 Å².